The smallest absolute Gasteiger partial charge is 0.274 e. The van der Waals surface area contributed by atoms with E-state index in [4.69, 9.17) is 4.74 Å². The van der Waals surface area contributed by atoms with Gasteiger partial charge in [0.1, 0.15) is 0 Å². The summed E-state index contributed by atoms with van der Waals surface area (Å²) in [5, 5.41) is 5.44. The Kier molecular flexibility index (Phi) is 3.81. The summed E-state index contributed by atoms with van der Waals surface area (Å²) >= 11 is 0. The molecule has 2 N–H and O–H groups in total. The van der Waals surface area contributed by atoms with Gasteiger partial charge in [-0.2, -0.15) is 9.50 Å². The van der Waals surface area contributed by atoms with Crippen molar-refractivity contribution in [2.45, 2.75) is 26.4 Å². The summed E-state index contributed by atoms with van der Waals surface area (Å²) in [6.45, 7) is 3.15. The van der Waals surface area contributed by atoms with E-state index in [1.807, 2.05) is 19.1 Å². The Balaban J connectivity index is 1.61. The largest absolute Gasteiger partial charge is 0.376 e. The van der Waals surface area contributed by atoms with Gasteiger partial charge in [0, 0.05) is 17.3 Å². The molecule has 1 amide bonds. The third kappa shape index (κ3) is 2.91. The summed E-state index contributed by atoms with van der Waals surface area (Å²) in [4.78, 5) is 32.9. The average Bonchev–Trinajstić information content (AvgIpc) is 3.04. The highest BCUT2D eigenvalue weighted by atomic mass is 16.5. The molecule has 128 valence electrons. The Morgan fingerprint density at radius 3 is 3.04 bits per heavy atom. The SMILES string of the molecule is CCc1cc(=O)n2[nH]c(NC(=O)c3ccc4c(c3)CCOC4)nc2n1. The minimum absolute atomic E-state index is 0.184. The van der Waals surface area contributed by atoms with Gasteiger partial charge in [0.25, 0.3) is 17.2 Å². The first-order valence-corrected chi connectivity index (χ1v) is 8.13. The van der Waals surface area contributed by atoms with Crippen molar-refractivity contribution >= 4 is 17.6 Å². The number of hydrogen-bond donors (Lipinski definition) is 2. The molecule has 25 heavy (non-hydrogen) atoms. The molecule has 0 saturated heterocycles. The number of H-pyrrole nitrogens is 1. The number of amides is 1. The standard InChI is InChI=1S/C17H17N5O3/c1-2-13-8-14(23)22-17(18-13)20-16(21-22)19-15(24)11-3-4-12-9-25-6-5-10(12)7-11/h3-4,7-8H,2,5-6,9H2,1H3,(H2,18,19,20,21,24). The van der Waals surface area contributed by atoms with Gasteiger partial charge in [0.2, 0.25) is 5.95 Å². The fraction of sp³-hybridized carbons (Fsp3) is 0.294. The molecule has 3 aromatic rings. The number of aryl methyl sites for hydroxylation is 1. The number of nitrogens with one attached hydrogen (secondary N) is 2. The fourth-order valence-electron chi connectivity index (χ4n) is 2.85. The summed E-state index contributed by atoms with van der Waals surface area (Å²) in [5.74, 6) is 0.128. The molecule has 0 radical (unpaired) electrons. The van der Waals surface area contributed by atoms with Crippen LogP contribution in [0.1, 0.15) is 34.1 Å². The Labute approximate surface area is 142 Å². The second-order valence-corrected chi connectivity index (χ2v) is 5.89. The molecule has 4 rings (SSSR count). The molecule has 0 unspecified atom stereocenters. The number of ether oxygens (including phenoxy) is 1. The van der Waals surface area contributed by atoms with Gasteiger partial charge in [-0.3, -0.25) is 20.0 Å². The van der Waals surface area contributed by atoms with Gasteiger partial charge in [-0.15, -0.1) is 0 Å². The van der Waals surface area contributed by atoms with Crippen molar-refractivity contribution < 1.29 is 9.53 Å². The van der Waals surface area contributed by atoms with E-state index in [2.05, 4.69) is 20.4 Å². The molecule has 1 aliphatic rings. The van der Waals surface area contributed by atoms with Crippen molar-refractivity contribution in [2.24, 2.45) is 0 Å². The highest BCUT2D eigenvalue weighted by Gasteiger charge is 2.15. The number of carbonyl (C=O) groups excluding carboxylic acids is 1. The zero-order valence-corrected chi connectivity index (χ0v) is 13.7. The van der Waals surface area contributed by atoms with E-state index >= 15 is 0 Å². The van der Waals surface area contributed by atoms with Crippen LogP contribution in [0.4, 0.5) is 5.95 Å². The number of aromatic amines is 1. The summed E-state index contributed by atoms with van der Waals surface area (Å²) < 4.78 is 6.61. The molecule has 0 saturated carbocycles. The lowest BCUT2D eigenvalue weighted by atomic mass is 10.00. The van der Waals surface area contributed by atoms with E-state index in [-0.39, 0.29) is 23.2 Å². The van der Waals surface area contributed by atoms with E-state index in [9.17, 15) is 9.59 Å². The van der Waals surface area contributed by atoms with E-state index in [1.54, 1.807) is 6.07 Å². The van der Waals surface area contributed by atoms with Gasteiger partial charge in [-0.25, -0.2) is 4.98 Å². The maximum absolute atomic E-state index is 12.5. The van der Waals surface area contributed by atoms with Crippen LogP contribution in [0.15, 0.2) is 29.1 Å². The lowest BCUT2D eigenvalue weighted by Gasteiger charge is -2.16. The number of rotatable bonds is 3. The number of carbonyl (C=O) groups is 1. The molecular weight excluding hydrogens is 322 g/mol. The van der Waals surface area contributed by atoms with Crippen LogP contribution in [-0.4, -0.2) is 32.1 Å². The fourth-order valence-corrected chi connectivity index (χ4v) is 2.85. The molecule has 0 atom stereocenters. The molecule has 8 heteroatoms. The van der Waals surface area contributed by atoms with Gasteiger partial charge in [-0.1, -0.05) is 13.0 Å². The van der Waals surface area contributed by atoms with Gasteiger partial charge in [0.05, 0.1) is 13.2 Å². The third-order valence-electron chi connectivity index (χ3n) is 4.22. The Bertz CT molecular complexity index is 1020. The first-order valence-electron chi connectivity index (χ1n) is 8.13. The molecule has 1 aromatic carbocycles. The predicted molar refractivity (Wildman–Crippen MR) is 90.7 cm³/mol. The van der Waals surface area contributed by atoms with Crippen molar-refractivity contribution in [2.75, 3.05) is 11.9 Å². The maximum Gasteiger partial charge on any atom is 0.274 e. The zero-order valence-electron chi connectivity index (χ0n) is 13.7. The molecule has 0 fully saturated rings. The average molecular weight is 339 g/mol. The lowest BCUT2D eigenvalue weighted by molar-refractivity contribution is 0.102. The topological polar surface area (TPSA) is 101 Å². The maximum atomic E-state index is 12.5. The minimum atomic E-state index is -0.294. The monoisotopic (exact) mass is 339 g/mol. The van der Waals surface area contributed by atoms with Gasteiger partial charge in [0.15, 0.2) is 0 Å². The summed E-state index contributed by atoms with van der Waals surface area (Å²) in [5.41, 5.74) is 3.16. The van der Waals surface area contributed by atoms with Crippen molar-refractivity contribution in [3.8, 4) is 0 Å². The van der Waals surface area contributed by atoms with Crippen LogP contribution in [0.2, 0.25) is 0 Å². The van der Waals surface area contributed by atoms with Crippen LogP contribution in [0, 0.1) is 0 Å². The van der Waals surface area contributed by atoms with Gasteiger partial charge in [-0.05, 0) is 36.1 Å². The van der Waals surface area contributed by atoms with Crippen LogP contribution >= 0.6 is 0 Å². The van der Waals surface area contributed by atoms with Gasteiger partial charge >= 0.3 is 0 Å². The minimum Gasteiger partial charge on any atom is -0.376 e. The third-order valence-corrected chi connectivity index (χ3v) is 4.22. The first kappa shape index (κ1) is 15.5. The van der Waals surface area contributed by atoms with E-state index < -0.39 is 0 Å². The molecule has 2 aromatic heterocycles. The number of anilines is 1. The Morgan fingerprint density at radius 1 is 1.32 bits per heavy atom. The molecule has 0 bridgehead atoms. The molecule has 8 nitrogen and oxygen atoms in total. The van der Waals surface area contributed by atoms with E-state index in [0.29, 0.717) is 30.9 Å². The second kappa shape index (κ2) is 6.14. The highest BCUT2D eigenvalue weighted by molar-refractivity contribution is 6.03. The molecule has 3 heterocycles. The van der Waals surface area contributed by atoms with Crippen molar-refractivity contribution in [1.82, 2.24) is 19.6 Å². The summed E-state index contributed by atoms with van der Waals surface area (Å²) in [6.07, 6.45) is 1.43. The molecule has 0 spiro atoms. The van der Waals surface area contributed by atoms with Crippen LogP contribution < -0.4 is 10.9 Å². The van der Waals surface area contributed by atoms with Crippen molar-refractivity contribution in [3.63, 3.8) is 0 Å². The second-order valence-electron chi connectivity index (χ2n) is 5.89. The molecular formula is C17H17N5O3. The van der Waals surface area contributed by atoms with Crippen molar-refractivity contribution in [3.05, 3.63) is 57.0 Å². The molecule has 0 aliphatic carbocycles. The zero-order chi connectivity index (χ0) is 17.4. The number of aromatic nitrogens is 4. The number of benzene rings is 1. The predicted octanol–water partition coefficient (Wildman–Crippen LogP) is 1.30. The number of fused-ring (bicyclic) bond motifs is 2. The first-order chi connectivity index (χ1) is 12.1. The van der Waals surface area contributed by atoms with Crippen LogP contribution in [0.3, 0.4) is 0 Å². The Hall–Kier alpha value is -3.00. The molecule has 1 aliphatic heterocycles. The number of hydrogen-bond acceptors (Lipinski definition) is 5. The van der Waals surface area contributed by atoms with Gasteiger partial charge < -0.3 is 4.74 Å². The Morgan fingerprint density at radius 2 is 2.20 bits per heavy atom. The quantitative estimate of drug-likeness (QED) is 0.749. The lowest BCUT2D eigenvalue weighted by Crippen LogP contribution is -2.17. The van der Waals surface area contributed by atoms with Crippen LogP contribution in [-0.2, 0) is 24.2 Å². The van der Waals surface area contributed by atoms with E-state index in [1.165, 1.54) is 10.6 Å². The van der Waals surface area contributed by atoms with Crippen LogP contribution in [0.25, 0.3) is 5.78 Å². The van der Waals surface area contributed by atoms with E-state index in [0.717, 1.165) is 17.5 Å². The number of nitrogens with zero attached hydrogens (tertiary/aromatic N) is 3. The normalized spacial score (nSPS) is 13.6. The van der Waals surface area contributed by atoms with Crippen LogP contribution in [0.5, 0.6) is 0 Å². The summed E-state index contributed by atoms with van der Waals surface area (Å²) in [7, 11) is 0. The summed E-state index contributed by atoms with van der Waals surface area (Å²) in [6, 6.07) is 6.98. The highest BCUT2D eigenvalue weighted by Crippen LogP contribution is 2.19. The van der Waals surface area contributed by atoms with Crippen molar-refractivity contribution in [1.29, 1.82) is 0 Å².